The van der Waals surface area contributed by atoms with E-state index in [2.05, 4.69) is 19.2 Å². The highest BCUT2D eigenvalue weighted by Crippen LogP contribution is 2.58. The Bertz CT molecular complexity index is 172. The maximum Gasteiger partial charge on any atom is 0.0147 e. The number of hydrogen-bond acceptors (Lipinski definition) is 1. The molecule has 56 valence electrons. The molecule has 1 heteroatoms. The summed E-state index contributed by atoms with van der Waals surface area (Å²) < 4.78 is 0. The van der Waals surface area contributed by atoms with Gasteiger partial charge in [-0.15, -0.1) is 0 Å². The van der Waals surface area contributed by atoms with Crippen LogP contribution >= 0.6 is 0 Å². The molecule has 1 heterocycles. The second kappa shape index (κ2) is 1.42. The number of rotatable bonds is 1. The van der Waals surface area contributed by atoms with Crippen LogP contribution in [0, 0.1) is 23.7 Å². The molecule has 1 N–H and O–H groups in total. The van der Waals surface area contributed by atoms with Crippen LogP contribution in [0.3, 0.4) is 0 Å². The van der Waals surface area contributed by atoms with E-state index in [1.165, 1.54) is 6.42 Å². The van der Waals surface area contributed by atoms with Gasteiger partial charge in [0.25, 0.3) is 0 Å². The quantitative estimate of drug-likeness (QED) is 0.573. The van der Waals surface area contributed by atoms with Crippen molar-refractivity contribution in [3.63, 3.8) is 0 Å². The van der Waals surface area contributed by atoms with E-state index in [1.54, 1.807) is 0 Å². The van der Waals surface area contributed by atoms with Crippen molar-refractivity contribution in [2.75, 3.05) is 0 Å². The fourth-order valence-electron chi connectivity index (χ4n) is 2.78. The maximum absolute atomic E-state index is 3.66. The molecule has 1 nitrogen and oxygen atoms in total. The first-order valence-corrected chi connectivity index (χ1v) is 4.55. The highest BCUT2D eigenvalue weighted by Gasteiger charge is 2.64. The Balaban J connectivity index is 1.67. The minimum Gasteiger partial charge on any atom is -0.310 e. The molecule has 0 spiro atoms. The first kappa shape index (κ1) is 5.59. The first-order chi connectivity index (χ1) is 4.79. The molecule has 1 aliphatic heterocycles. The van der Waals surface area contributed by atoms with Gasteiger partial charge in [0.1, 0.15) is 0 Å². The highest BCUT2D eigenvalue weighted by molar-refractivity contribution is 5.20. The molecule has 0 aromatic heterocycles. The van der Waals surface area contributed by atoms with Crippen molar-refractivity contribution in [1.82, 2.24) is 5.32 Å². The Hall–Kier alpha value is -0.0400. The zero-order valence-corrected chi connectivity index (χ0v) is 6.67. The molecule has 3 rings (SSSR count). The van der Waals surface area contributed by atoms with Crippen LogP contribution < -0.4 is 5.32 Å². The predicted octanol–water partition coefficient (Wildman–Crippen LogP) is 1.25. The average molecular weight is 137 g/mol. The molecule has 3 aliphatic rings. The highest BCUT2D eigenvalue weighted by atomic mass is 15.2. The van der Waals surface area contributed by atoms with E-state index in [4.69, 9.17) is 0 Å². The Morgan fingerprint density at radius 3 is 2.20 bits per heavy atom. The van der Waals surface area contributed by atoms with Crippen LogP contribution in [0.1, 0.15) is 20.3 Å². The lowest BCUT2D eigenvalue weighted by Crippen LogP contribution is -2.46. The third-order valence-electron chi connectivity index (χ3n) is 3.88. The third kappa shape index (κ3) is 0.493. The van der Waals surface area contributed by atoms with Crippen LogP contribution in [0.2, 0.25) is 0 Å². The molecule has 0 bridgehead atoms. The van der Waals surface area contributed by atoms with Crippen LogP contribution in [0.15, 0.2) is 0 Å². The summed E-state index contributed by atoms with van der Waals surface area (Å²) in [4.78, 5) is 0. The molecule has 6 unspecified atom stereocenters. The molecule has 3 fully saturated rings. The standard InChI is InChI=1S/C9H15N/c1-4-3-6(4)9-7-5(2)8(7)10-9/h4-10H,3H2,1-2H3. The van der Waals surface area contributed by atoms with Gasteiger partial charge in [0.05, 0.1) is 0 Å². The Kier molecular flexibility index (Phi) is 0.797. The van der Waals surface area contributed by atoms with Crippen molar-refractivity contribution in [2.24, 2.45) is 23.7 Å². The monoisotopic (exact) mass is 137 g/mol. The van der Waals surface area contributed by atoms with Gasteiger partial charge >= 0.3 is 0 Å². The summed E-state index contributed by atoms with van der Waals surface area (Å²) in [6.45, 7) is 4.77. The van der Waals surface area contributed by atoms with Crippen LogP contribution in [-0.2, 0) is 0 Å². The normalized spacial score (nSPS) is 70.2. The van der Waals surface area contributed by atoms with Gasteiger partial charge in [-0.2, -0.15) is 0 Å². The zero-order valence-electron chi connectivity index (χ0n) is 6.67. The Morgan fingerprint density at radius 1 is 1.20 bits per heavy atom. The molecule has 0 radical (unpaired) electrons. The van der Waals surface area contributed by atoms with Gasteiger partial charge in [-0.05, 0) is 30.1 Å². The minimum atomic E-state index is 0.940. The number of nitrogens with one attached hydrogen (secondary N) is 1. The molecule has 6 atom stereocenters. The summed E-state index contributed by atoms with van der Waals surface area (Å²) in [5, 5.41) is 3.66. The summed E-state index contributed by atoms with van der Waals surface area (Å²) in [5.74, 6) is 4.20. The topological polar surface area (TPSA) is 12.0 Å². The Morgan fingerprint density at radius 2 is 1.90 bits per heavy atom. The van der Waals surface area contributed by atoms with Crippen molar-refractivity contribution >= 4 is 0 Å². The summed E-state index contributed by atoms with van der Waals surface area (Å²) in [5.41, 5.74) is 0. The average Bonchev–Trinajstić information content (AvgIpc) is 2.54. The first-order valence-electron chi connectivity index (χ1n) is 4.55. The van der Waals surface area contributed by atoms with E-state index in [0.29, 0.717) is 0 Å². The van der Waals surface area contributed by atoms with Crippen molar-refractivity contribution < 1.29 is 0 Å². The van der Waals surface area contributed by atoms with Crippen molar-refractivity contribution in [1.29, 1.82) is 0 Å². The van der Waals surface area contributed by atoms with Crippen LogP contribution in [0.5, 0.6) is 0 Å². The van der Waals surface area contributed by atoms with Crippen molar-refractivity contribution in [3.05, 3.63) is 0 Å². The van der Waals surface area contributed by atoms with E-state index in [-0.39, 0.29) is 0 Å². The zero-order chi connectivity index (χ0) is 6.88. The molecule has 2 aliphatic carbocycles. The second-order valence-corrected chi connectivity index (χ2v) is 4.53. The maximum atomic E-state index is 3.66. The number of fused-ring (bicyclic) bond motifs is 1. The fraction of sp³-hybridized carbons (Fsp3) is 1.00. The van der Waals surface area contributed by atoms with Gasteiger partial charge in [-0.1, -0.05) is 13.8 Å². The molecule has 10 heavy (non-hydrogen) atoms. The van der Waals surface area contributed by atoms with E-state index < -0.39 is 0 Å². The van der Waals surface area contributed by atoms with Gasteiger partial charge in [0.15, 0.2) is 0 Å². The van der Waals surface area contributed by atoms with Crippen molar-refractivity contribution in [3.8, 4) is 0 Å². The summed E-state index contributed by atoms with van der Waals surface area (Å²) in [7, 11) is 0. The smallest absolute Gasteiger partial charge is 0.0147 e. The van der Waals surface area contributed by atoms with E-state index >= 15 is 0 Å². The minimum absolute atomic E-state index is 0.940. The van der Waals surface area contributed by atoms with Crippen LogP contribution in [0.25, 0.3) is 0 Å². The molecule has 0 aromatic rings. The van der Waals surface area contributed by atoms with Crippen molar-refractivity contribution in [2.45, 2.75) is 32.4 Å². The lowest BCUT2D eigenvalue weighted by molar-refractivity contribution is 0.306. The van der Waals surface area contributed by atoms with Crippen LogP contribution in [0.4, 0.5) is 0 Å². The summed E-state index contributed by atoms with van der Waals surface area (Å²) in [6, 6.07) is 1.88. The Labute approximate surface area is 62.2 Å². The lowest BCUT2D eigenvalue weighted by Gasteiger charge is -2.26. The summed E-state index contributed by atoms with van der Waals surface area (Å²) >= 11 is 0. The van der Waals surface area contributed by atoms with E-state index in [0.717, 1.165) is 35.8 Å². The fourth-order valence-corrected chi connectivity index (χ4v) is 2.78. The number of hydrogen-bond donors (Lipinski definition) is 1. The largest absolute Gasteiger partial charge is 0.310 e. The SMILES string of the molecule is CC1CC1C1NC2C(C)C21. The predicted molar refractivity (Wildman–Crippen MR) is 40.6 cm³/mol. The molecule has 2 saturated carbocycles. The van der Waals surface area contributed by atoms with Gasteiger partial charge in [0, 0.05) is 12.1 Å². The molecule has 0 amide bonds. The molecule has 0 aromatic carbocycles. The van der Waals surface area contributed by atoms with E-state index in [9.17, 15) is 0 Å². The van der Waals surface area contributed by atoms with Gasteiger partial charge in [0.2, 0.25) is 0 Å². The lowest BCUT2D eigenvalue weighted by atomic mass is 10.00. The summed E-state index contributed by atoms with van der Waals surface area (Å²) in [6.07, 6.45) is 1.49. The molecule has 1 saturated heterocycles. The second-order valence-electron chi connectivity index (χ2n) is 4.53. The molecular weight excluding hydrogens is 122 g/mol. The van der Waals surface area contributed by atoms with E-state index in [1.807, 2.05) is 0 Å². The molecular formula is C9H15N. The van der Waals surface area contributed by atoms with Gasteiger partial charge in [-0.25, -0.2) is 0 Å². The van der Waals surface area contributed by atoms with Gasteiger partial charge in [-0.3, -0.25) is 0 Å². The van der Waals surface area contributed by atoms with Crippen LogP contribution in [-0.4, -0.2) is 12.1 Å². The van der Waals surface area contributed by atoms with Gasteiger partial charge < -0.3 is 5.32 Å². The third-order valence-corrected chi connectivity index (χ3v) is 3.88.